The summed E-state index contributed by atoms with van der Waals surface area (Å²) in [7, 11) is 0. The van der Waals surface area contributed by atoms with Crippen LogP contribution in [0.2, 0.25) is 0 Å². The zero-order valence-electron chi connectivity index (χ0n) is 14.7. The van der Waals surface area contributed by atoms with Gasteiger partial charge in [0.2, 0.25) is 5.95 Å². The number of nitrogens with zero attached hydrogens (tertiary/aromatic N) is 6. The van der Waals surface area contributed by atoms with Gasteiger partial charge in [0.1, 0.15) is 0 Å². The fourth-order valence-electron chi connectivity index (χ4n) is 3.30. The van der Waals surface area contributed by atoms with Crippen molar-refractivity contribution in [2.45, 2.75) is 19.4 Å². The summed E-state index contributed by atoms with van der Waals surface area (Å²) < 4.78 is 2.58. The van der Waals surface area contributed by atoms with E-state index < -0.39 is 0 Å². The average Bonchev–Trinajstić information content (AvgIpc) is 2.71. The van der Waals surface area contributed by atoms with Crippen molar-refractivity contribution in [1.29, 1.82) is 0 Å². The molecule has 4 heterocycles. The number of halogens is 1. The van der Waals surface area contributed by atoms with Gasteiger partial charge in [-0.1, -0.05) is 0 Å². The van der Waals surface area contributed by atoms with Crippen molar-refractivity contribution in [3.63, 3.8) is 0 Å². The van der Waals surface area contributed by atoms with Gasteiger partial charge in [0.05, 0.1) is 16.5 Å². The van der Waals surface area contributed by atoms with Crippen LogP contribution in [0.3, 0.4) is 0 Å². The minimum absolute atomic E-state index is 0.0254. The molecule has 7 nitrogen and oxygen atoms in total. The van der Waals surface area contributed by atoms with Crippen LogP contribution in [-0.2, 0) is 6.54 Å². The van der Waals surface area contributed by atoms with Crippen LogP contribution in [0.1, 0.15) is 12.8 Å². The first kappa shape index (κ1) is 17.8. The van der Waals surface area contributed by atoms with Crippen molar-refractivity contribution >= 4 is 21.9 Å². The molecular weight excluding hydrogens is 408 g/mol. The number of hydrogen-bond donors (Lipinski definition) is 0. The summed E-state index contributed by atoms with van der Waals surface area (Å²) >= 11 is 3.36. The molecule has 0 amide bonds. The molecule has 0 spiro atoms. The summed E-state index contributed by atoms with van der Waals surface area (Å²) in [6.45, 7) is 2.47. The smallest absolute Gasteiger partial charge is 0.253 e. The Morgan fingerprint density at radius 2 is 1.89 bits per heavy atom. The number of pyridine rings is 1. The van der Waals surface area contributed by atoms with E-state index in [-0.39, 0.29) is 5.56 Å². The van der Waals surface area contributed by atoms with Crippen molar-refractivity contribution in [2.24, 2.45) is 5.92 Å². The molecule has 0 aliphatic carbocycles. The molecule has 1 saturated heterocycles. The lowest BCUT2D eigenvalue weighted by Gasteiger charge is -2.32. The van der Waals surface area contributed by atoms with E-state index in [1.165, 1.54) is 0 Å². The van der Waals surface area contributed by atoms with Crippen molar-refractivity contribution in [3.8, 4) is 11.3 Å². The van der Waals surface area contributed by atoms with E-state index in [0.29, 0.717) is 18.2 Å². The maximum atomic E-state index is 12.5. The predicted octanol–water partition coefficient (Wildman–Crippen LogP) is 2.77. The fraction of sp³-hybridized carbons (Fsp3) is 0.316. The Labute approximate surface area is 165 Å². The SMILES string of the molecule is O=c1cc(-c2cccnc2)ncn1CC1CCN(c2ncc(Br)cn2)CC1. The highest BCUT2D eigenvalue weighted by Gasteiger charge is 2.21. The average molecular weight is 427 g/mol. The third-order valence-corrected chi connectivity index (χ3v) is 5.21. The number of piperidine rings is 1. The molecule has 3 aromatic heterocycles. The van der Waals surface area contributed by atoms with Crippen molar-refractivity contribution < 1.29 is 0 Å². The summed E-state index contributed by atoms with van der Waals surface area (Å²) in [5.41, 5.74) is 1.48. The molecule has 3 aromatic rings. The van der Waals surface area contributed by atoms with Gasteiger partial charge in [-0.15, -0.1) is 0 Å². The van der Waals surface area contributed by atoms with Crippen molar-refractivity contribution in [1.82, 2.24) is 24.5 Å². The third kappa shape index (κ3) is 4.21. The molecule has 1 fully saturated rings. The van der Waals surface area contributed by atoms with Gasteiger partial charge in [-0.05, 0) is 46.8 Å². The molecule has 0 atom stereocenters. The lowest BCUT2D eigenvalue weighted by molar-refractivity contribution is 0.349. The van der Waals surface area contributed by atoms with E-state index in [2.05, 4.69) is 40.8 Å². The fourth-order valence-corrected chi connectivity index (χ4v) is 3.50. The predicted molar refractivity (Wildman–Crippen MR) is 106 cm³/mol. The Hall–Kier alpha value is -2.61. The van der Waals surface area contributed by atoms with Gasteiger partial charge < -0.3 is 4.90 Å². The standard InChI is InChI=1S/C19H19BrN6O/c20-16-10-22-19(23-11-16)25-6-3-14(4-7-25)12-26-13-24-17(8-18(26)27)15-2-1-5-21-9-15/h1-2,5,8-11,13-14H,3-4,6-7,12H2. The first-order chi connectivity index (χ1) is 13.2. The Bertz CT molecular complexity index is 952. The molecule has 0 N–H and O–H groups in total. The zero-order valence-corrected chi connectivity index (χ0v) is 16.3. The summed E-state index contributed by atoms with van der Waals surface area (Å²) in [6, 6.07) is 5.33. The molecule has 8 heteroatoms. The highest BCUT2D eigenvalue weighted by Crippen LogP contribution is 2.22. The number of rotatable bonds is 4. The van der Waals surface area contributed by atoms with Crippen LogP contribution >= 0.6 is 15.9 Å². The normalized spacial score (nSPS) is 15.1. The van der Waals surface area contributed by atoms with E-state index in [0.717, 1.165) is 41.9 Å². The molecule has 0 aromatic carbocycles. The number of aromatic nitrogens is 5. The topological polar surface area (TPSA) is 76.8 Å². The Kier molecular flexibility index (Phi) is 5.24. The third-order valence-electron chi connectivity index (χ3n) is 4.80. The lowest BCUT2D eigenvalue weighted by Crippen LogP contribution is -2.37. The highest BCUT2D eigenvalue weighted by molar-refractivity contribution is 9.10. The van der Waals surface area contributed by atoms with Crippen LogP contribution in [0.5, 0.6) is 0 Å². The van der Waals surface area contributed by atoms with E-state index in [4.69, 9.17) is 0 Å². The molecule has 0 bridgehead atoms. The molecule has 4 rings (SSSR count). The van der Waals surface area contributed by atoms with Crippen LogP contribution in [-0.4, -0.2) is 37.6 Å². The second-order valence-electron chi connectivity index (χ2n) is 6.64. The summed E-state index contributed by atoms with van der Waals surface area (Å²) in [4.78, 5) is 31.9. The number of anilines is 1. The van der Waals surface area contributed by atoms with Gasteiger partial charge in [0, 0.05) is 56.1 Å². The van der Waals surface area contributed by atoms with Crippen LogP contribution < -0.4 is 10.5 Å². The van der Waals surface area contributed by atoms with Gasteiger partial charge in [0.15, 0.2) is 0 Å². The Morgan fingerprint density at radius 3 is 2.56 bits per heavy atom. The molecule has 138 valence electrons. The van der Waals surface area contributed by atoms with E-state index in [1.54, 1.807) is 41.7 Å². The summed E-state index contributed by atoms with van der Waals surface area (Å²) in [5.74, 6) is 1.21. The molecular formula is C19H19BrN6O. The maximum absolute atomic E-state index is 12.5. The van der Waals surface area contributed by atoms with E-state index in [9.17, 15) is 4.79 Å². The van der Waals surface area contributed by atoms with Gasteiger partial charge in [-0.25, -0.2) is 15.0 Å². The first-order valence-electron chi connectivity index (χ1n) is 8.88. The van der Waals surface area contributed by atoms with Crippen LogP contribution in [0.15, 0.2) is 58.6 Å². The molecule has 27 heavy (non-hydrogen) atoms. The van der Waals surface area contributed by atoms with Gasteiger partial charge in [-0.2, -0.15) is 0 Å². The monoisotopic (exact) mass is 426 g/mol. The first-order valence-corrected chi connectivity index (χ1v) is 9.68. The minimum atomic E-state index is -0.0254. The van der Waals surface area contributed by atoms with Crippen LogP contribution in [0, 0.1) is 5.92 Å². The zero-order chi connectivity index (χ0) is 18.6. The summed E-state index contributed by atoms with van der Waals surface area (Å²) in [6.07, 6.45) is 10.6. The van der Waals surface area contributed by atoms with Crippen LogP contribution in [0.4, 0.5) is 5.95 Å². The second kappa shape index (κ2) is 7.96. The molecule has 1 aliphatic rings. The molecule has 0 radical (unpaired) electrons. The van der Waals surface area contributed by atoms with Crippen LogP contribution in [0.25, 0.3) is 11.3 Å². The second-order valence-corrected chi connectivity index (χ2v) is 7.55. The largest absolute Gasteiger partial charge is 0.341 e. The quantitative estimate of drug-likeness (QED) is 0.638. The van der Waals surface area contributed by atoms with Gasteiger partial charge in [-0.3, -0.25) is 14.3 Å². The van der Waals surface area contributed by atoms with Gasteiger partial charge >= 0.3 is 0 Å². The maximum Gasteiger partial charge on any atom is 0.253 e. The van der Waals surface area contributed by atoms with E-state index in [1.807, 2.05) is 12.1 Å². The Balaban J connectivity index is 1.39. The minimum Gasteiger partial charge on any atom is -0.341 e. The van der Waals surface area contributed by atoms with E-state index >= 15 is 0 Å². The number of hydrogen-bond acceptors (Lipinski definition) is 6. The molecule has 1 aliphatic heterocycles. The molecule has 0 unspecified atom stereocenters. The van der Waals surface area contributed by atoms with Crippen molar-refractivity contribution in [3.05, 3.63) is 64.1 Å². The Morgan fingerprint density at radius 1 is 1.11 bits per heavy atom. The summed E-state index contributed by atoms with van der Waals surface area (Å²) in [5, 5.41) is 0. The molecule has 0 saturated carbocycles. The highest BCUT2D eigenvalue weighted by atomic mass is 79.9. The van der Waals surface area contributed by atoms with Gasteiger partial charge in [0.25, 0.3) is 5.56 Å². The van der Waals surface area contributed by atoms with Crippen molar-refractivity contribution in [2.75, 3.05) is 18.0 Å². The lowest BCUT2D eigenvalue weighted by atomic mass is 9.97.